The normalized spacial score (nSPS) is 24.4. The number of nitrogens with one attached hydrogen (secondary N) is 1. The third kappa shape index (κ3) is 1.96. The molecular formula is C11H13BrN4. The van der Waals surface area contributed by atoms with E-state index in [0.717, 1.165) is 15.7 Å². The lowest BCUT2D eigenvalue weighted by Crippen LogP contribution is -2.44. The molecule has 0 fully saturated rings. The van der Waals surface area contributed by atoms with Gasteiger partial charge in [-0.1, -0.05) is 34.1 Å². The predicted octanol–water partition coefficient (Wildman–Crippen LogP) is 1.38. The summed E-state index contributed by atoms with van der Waals surface area (Å²) >= 11 is 3.47. The zero-order valence-electron chi connectivity index (χ0n) is 8.87. The SMILES string of the molecule is CC1=CC(N)(c2ccccc2Br)N=C(N)N1. The standard InChI is InChI=1S/C11H13BrN4/c1-7-6-11(14,16-10(13)15-7)8-4-2-3-5-9(8)12/h2-6H,14H2,1H3,(H3,13,15,16). The van der Waals surface area contributed by atoms with Crippen LogP contribution in [0.1, 0.15) is 12.5 Å². The van der Waals surface area contributed by atoms with E-state index in [2.05, 4.69) is 26.2 Å². The monoisotopic (exact) mass is 280 g/mol. The van der Waals surface area contributed by atoms with Crippen molar-refractivity contribution in [2.24, 2.45) is 16.5 Å². The Balaban J connectivity index is 2.54. The number of halogens is 1. The third-order valence-electron chi connectivity index (χ3n) is 2.37. The molecule has 0 saturated carbocycles. The maximum atomic E-state index is 6.25. The minimum absolute atomic E-state index is 0.332. The first-order chi connectivity index (χ1) is 7.51. The molecule has 1 aromatic carbocycles. The van der Waals surface area contributed by atoms with Crippen LogP contribution in [0.4, 0.5) is 0 Å². The largest absolute Gasteiger partial charge is 0.370 e. The van der Waals surface area contributed by atoms with Gasteiger partial charge in [0, 0.05) is 15.7 Å². The summed E-state index contributed by atoms with van der Waals surface area (Å²) in [5, 5.41) is 2.92. The van der Waals surface area contributed by atoms with Gasteiger partial charge in [0.1, 0.15) is 0 Å². The number of hydrogen-bond acceptors (Lipinski definition) is 4. The van der Waals surface area contributed by atoms with Crippen molar-refractivity contribution in [1.82, 2.24) is 5.32 Å². The Kier molecular flexibility index (Phi) is 2.73. The average Bonchev–Trinajstić information content (AvgIpc) is 2.15. The van der Waals surface area contributed by atoms with E-state index >= 15 is 0 Å². The van der Waals surface area contributed by atoms with Gasteiger partial charge in [0.15, 0.2) is 11.6 Å². The van der Waals surface area contributed by atoms with E-state index < -0.39 is 5.66 Å². The van der Waals surface area contributed by atoms with E-state index in [1.165, 1.54) is 0 Å². The Labute approximate surface area is 103 Å². The highest BCUT2D eigenvalue weighted by Crippen LogP contribution is 2.30. The summed E-state index contributed by atoms with van der Waals surface area (Å²) in [7, 11) is 0. The first-order valence-electron chi connectivity index (χ1n) is 4.87. The third-order valence-corrected chi connectivity index (χ3v) is 3.06. The lowest BCUT2D eigenvalue weighted by molar-refractivity contribution is 0.570. The molecule has 4 nitrogen and oxygen atoms in total. The van der Waals surface area contributed by atoms with Gasteiger partial charge in [0.25, 0.3) is 0 Å². The zero-order valence-corrected chi connectivity index (χ0v) is 10.5. The molecule has 1 unspecified atom stereocenters. The van der Waals surface area contributed by atoms with Gasteiger partial charge in [0.2, 0.25) is 0 Å². The van der Waals surface area contributed by atoms with Gasteiger partial charge < -0.3 is 11.1 Å². The van der Waals surface area contributed by atoms with Crippen LogP contribution in [-0.4, -0.2) is 5.96 Å². The van der Waals surface area contributed by atoms with Gasteiger partial charge in [0.05, 0.1) is 0 Å². The van der Waals surface area contributed by atoms with Crippen LogP contribution in [0.15, 0.2) is 45.5 Å². The highest BCUT2D eigenvalue weighted by Gasteiger charge is 2.29. The van der Waals surface area contributed by atoms with E-state index in [1.807, 2.05) is 37.3 Å². The Morgan fingerprint density at radius 2 is 2.06 bits per heavy atom. The summed E-state index contributed by atoms with van der Waals surface area (Å²) in [6.45, 7) is 1.90. The van der Waals surface area contributed by atoms with Gasteiger partial charge in [-0.15, -0.1) is 0 Å². The molecule has 16 heavy (non-hydrogen) atoms. The van der Waals surface area contributed by atoms with Crippen LogP contribution in [0.2, 0.25) is 0 Å². The maximum absolute atomic E-state index is 6.25. The molecule has 0 aliphatic carbocycles. The summed E-state index contributed by atoms with van der Waals surface area (Å²) in [5.41, 5.74) is 12.8. The van der Waals surface area contributed by atoms with Crippen LogP contribution in [0.3, 0.4) is 0 Å². The summed E-state index contributed by atoms with van der Waals surface area (Å²) in [6.07, 6.45) is 1.85. The van der Waals surface area contributed by atoms with Crippen molar-refractivity contribution < 1.29 is 0 Å². The molecule has 1 aliphatic heterocycles. The first kappa shape index (κ1) is 11.2. The Morgan fingerprint density at radius 1 is 1.38 bits per heavy atom. The molecule has 0 radical (unpaired) electrons. The first-order valence-corrected chi connectivity index (χ1v) is 5.66. The molecule has 2 rings (SSSR count). The molecule has 1 aromatic rings. The second kappa shape index (κ2) is 3.92. The highest BCUT2D eigenvalue weighted by molar-refractivity contribution is 9.10. The van der Waals surface area contributed by atoms with Crippen LogP contribution in [0.5, 0.6) is 0 Å². The van der Waals surface area contributed by atoms with E-state index in [1.54, 1.807) is 0 Å². The predicted molar refractivity (Wildman–Crippen MR) is 68.5 cm³/mol. The quantitative estimate of drug-likeness (QED) is 0.728. The lowest BCUT2D eigenvalue weighted by atomic mass is 9.99. The second-order valence-corrected chi connectivity index (χ2v) is 4.61. The van der Waals surface area contributed by atoms with Crippen LogP contribution >= 0.6 is 15.9 Å². The minimum Gasteiger partial charge on any atom is -0.370 e. The topological polar surface area (TPSA) is 76.4 Å². The van der Waals surface area contributed by atoms with Crippen molar-refractivity contribution in [2.75, 3.05) is 0 Å². The summed E-state index contributed by atoms with van der Waals surface area (Å²) in [4.78, 5) is 4.25. The van der Waals surface area contributed by atoms with Crippen LogP contribution in [-0.2, 0) is 5.66 Å². The van der Waals surface area contributed by atoms with Crippen LogP contribution in [0, 0.1) is 0 Å². The fourth-order valence-corrected chi connectivity index (χ4v) is 2.35. The maximum Gasteiger partial charge on any atom is 0.195 e. The number of nitrogens with two attached hydrogens (primary N) is 2. The van der Waals surface area contributed by atoms with Crippen LogP contribution in [0.25, 0.3) is 0 Å². The molecule has 5 N–H and O–H groups in total. The van der Waals surface area contributed by atoms with Gasteiger partial charge >= 0.3 is 0 Å². The van der Waals surface area contributed by atoms with Crippen molar-refractivity contribution in [3.05, 3.63) is 46.1 Å². The van der Waals surface area contributed by atoms with Gasteiger partial charge in [-0.2, -0.15) is 0 Å². The number of hydrogen-bond donors (Lipinski definition) is 3. The summed E-state index contributed by atoms with van der Waals surface area (Å²) < 4.78 is 0.917. The molecule has 1 heterocycles. The van der Waals surface area contributed by atoms with E-state index in [-0.39, 0.29) is 0 Å². The van der Waals surface area contributed by atoms with E-state index in [9.17, 15) is 0 Å². The second-order valence-electron chi connectivity index (χ2n) is 3.75. The Hall–Kier alpha value is -1.33. The van der Waals surface area contributed by atoms with Crippen molar-refractivity contribution in [3.8, 4) is 0 Å². The fourth-order valence-electron chi connectivity index (χ4n) is 1.75. The van der Waals surface area contributed by atoms with E-state index in [4.69, 9.17) is 11.5 Å². The van der Waals surface area contributed by atoms with Gasteiger partial charge in [-0.3, -0.25) is 5.73 Å². The summed E-state index contributed by atoms with van der Waals surface area (Å²) in [6, 6.07) is 7.71. The summed E-state index contributed by atoms with van der Waals surface area (Å²) in [5.74, 6) is 0.332. The van der Waals surface area contributed by atoms with Crippen molar-refractivity contribution in [3.63, 3.8) is 0 Å². The minimum atomic E-state index is -0.903. The molecule has 5 heteroatoms. The average molecular weight is 281 g/mol. The number of allylic oxidation sites excluding steroid dienone is 1. The molecule has 0 spiro atoms. The van der Waals surface area contributed by atoms with Crippen molar-refractivity contribution in [1.29, 1.82) is 0 Å². The number of aliphatic imine (C=N–C) groups is 1. The molecule has 0 aromatic heterocycles. The fraction of sp³-hybridized carbons (Fsp3) is 0.182. The van der Waals surface area contributed by atoms with Gasteiger partial charge in [-0.25, -0.2) is 4.99 Å². The smallest absolute Gasteiger partial charge is 0.195 e. The zero-order chi connectivity index (χ0) is 11.8. The van der Waals surface area contributed by atoms with Crippen molar-refractivity contribution >= 4 is 21.9 Å². The Bertz CT molecular complexity index is 461. The molecule has 1 atom stereocenters. The Morgan fingerprint density at radius 3 is 2.69 bits per heavy atom. The van der Waals surface area contributed by atoms with Gasteiger partial charge in [-0.05, 0) is 19.1 Å². The molecular weight excluding hydrogens is 268 g/mol. The molecule has 84 valence electrons. The number of rotatable bonds is 1. The van der Waals surface area contributed by atoms with Crippen molar-refractivity contribution in [2.45, 2.75) is 12.6 Å². The molecule has 0 bridgehead atoms. The molecule has 1 aliphatic rings. The van der Waals surface area contributed by atoms with E-state index in [0.29, 0.717) is 5.96 Å². The van der Waals surface area contributed by atoms with Crippen LogP contribution < -0.4 is 16.8 Å². The number of nitrogens with zero attached hydrogens (tertiary/aromatic N) is 1. The lowest BCUT2D eigenvalue weighted by Gasteiger charge is -2.28. The number of benzene rings is 1. The molecule has 0 saturated heterocycles. The highest BCUT2D eigenvalue weighted by atomic mass is 79.9. The number of guanidine groups is 1. The molecule has 0 amide bonds.